The number of hydrogen-bond acceptors (Lipinski definition) is 2. The largest absolute Gasteiger partial charge is 0.427 e. The van der Waals surface area contributed by atoms with Crippen molar-refractivity contribution in [2.45, 2.75) is 71.6 Å². The number of hydrogen-bond donors (Lipinski definition) is 0. The second kappa shape index (κ2) is 9.56. The number of carbonyl (C=O) groups excluding carboxylic acids is 1. The van der Waals surface area contributed by atoms with E-state index in [0.717, 1.165) is 12.8 Å². The minimum absolute atomic E-state index is 0.280. The van der Waals surface area contributed by atoms with Crippen LogP contribution in [0.1, 0.15) is 88.3 Å². The third-order valence-electron chi connectivity index (χ3n) is 5.43. The molecule has 0 aliphatic carbocycles. The van der Waals surface area contributed by atoms with E-state index in [0.29, 0.717) is 23.5 Å². The Labute approximate surface area is 158 Å². The third-order valence-corrected chi connectivity index (χ3v) is 5.43. The highest BCUT2D eigenvalue weighted by atomic mass is 16.5. The highest BCUT2D eigenvalue weighted by Gasteiger charge is 2.16. The van der Waals surface area contributed by atoms with E-state index in [9.17, 15) is 4.79 Å². The summed E-state index contributed by atoms with van der Waals surface area (Å²) in [4.78, 5) is 11.0. The van der Waals surface area contributed by atoms with Crippen molar-refractivity contribution in [2.24, 2.45) is 0 Å². The molecule has 2 nitrogen and oxygen atoms in total. The van der Waals surface area contributed by atoms with E-state index in [2.05, 4.69) is 64.1 Å². The Kier molecular flexibility index (Phi) is 7.44. The van der Waals surface area contributed by atoms with Gasteiger partial charge < -0.3 is 4.74 Å². The summed E-state index contributed by atoms with van der Waals surface area (Å²) < 4.78 is 5.12. The van der Waals surface area contributed by atoms with Gasteiger partial charge in [0.1, 0.15) is 5.75 Å². The van der Waals surface area contributed by atoms with Crippen molar-refractivity contribution in [3.8, 4) is 5.75 Å². The van der Waals surface area contributed by atoms with E-state index in [4.69, 9.17) is 4.74 Å². The van der Waals surface area contributed by atoms with Crippen LogP contribution in [0.3, 0.4) is 0 Å². The van der Waals surface area contributed by atoms with Gasteiger partial charge in [0.15, 0.2) is 0 Å². The summed E-state index contributed by atoms with van der Waals surface area (Å²) in [6.45, 7) is 10.5. The first-order valence-electron chi connectivity index (χ1n) is 9.82. The zero-order valence-corrected chi connectivity index (χ0v) is 16.8. The van der Waals surface area contributed by atoms with Crippen LogP contribution in [0, 0.1) is 0 Å². The molecule has 0 radical (unpaired) electrons. The molecule has 0 saturated carbocycles. The van der Waals surface area contributed by atoms with E-state index < -0.39 is 0 Å². The Bertz CT molecular complexity index is 685. The smallest absolute Gasteiger partial charge is 0.308 e. The molecule has 0 aromatic heterocycles. The summed E-state index contributed by atoms with van der Waals surface area (Å²) in [5.41, 5.74) is 4.15. The minimum Gasteiger partial charge on any atom is -0.427 e. The summed E-state index contributed by atoms with van der Waals surface area (Å²) in [5, 5.41) is 0. The fourth-order valence-corrected chi connectivity index (χ4v) is 3.46. The summed E-state index contributed by atoms with van der Waals surface area (Å²) in [6.07, 6.45) is 3.43. The van der Waals surface area contributed by atoms with Crippen LogP contribution < -0.4 is 4.74 Å². The SMILES string of the molecule is CCC(C)c1ccc(C(CC)CC(C)c2ccc(OC(C)=O)cc2)cc1. The first-order valence-corrected chi connectivity index (χ1v) is 9.82. The van der Waals surface area contributed by atoms with Crippen LogP contribution in [0.2, 0.25) is 0 Å². The van der Waals surface area contributed by atoms with Crippen molar-refractivity contribution in [3.63, 3.8) is 0 Å². The number of benzene rings is 2. The fourth-order valence-electron chi connectivity index (χ4n) is 3.46. The Morgan fingerprint density at radius 3 is 1.81 bits per heavy atom. The molecule has 2 heteroatoms. The second-order valence-electron chi connectivity index (χ2n) is 7.38. The molecule has 0 bridgehead atoms. The molecule has 3 atom stereocenters. The monoisotopic (exact) mass is 352 g/mol. The van der Waals surface area contributed by atoms with Crippen molar-refractivity contribution in [1.82, 2.24) is 0 Å². The average molecular weight is 353 g/mol. The van der Waals surface area contributed by atoms with Crippen LogP contribution in [-0.2, 0) is 4.79 Å². The Morgan fingerprint density at radius 2 is 1.31 bits per heavy atom. The molecule has 2 rings (SSSR count). The van der Waals surface area contributed by atoms with Crippen LogP contribution in [0.4, 0.5) is 0 Å². The normalized spacial score (nSPS) is 14.5. The fraction of sp³-hybridized carbons (Fsp3) is 0.458. The van der Waals surface area contributed by atoms with Crippen molar-refractivity contribution in [3.05, 3.63) is 65.2 Å². The Morgan fingerprint density at radius 1 is 0.808 bits per heavy atom. The molecule has 0 aliphatic heterocycles. The van der Waals surface area contributed by atoms with Gasteiger partial charge in [-0.25, -0.2) is 0 Å². The highest BCUT2D eigenvalue weighted by molar-refractivity contribution is 5.69. The van der Waals surface area contributed by atoms with Gasteiger partial charge in [-0.2, -0.15) is 0 Å². The summed E-state index contributed by atoms with van der Waals surface area (Å²) in [6, 6.07) is 17.1. The molecular formula is C24H32O2. The molecule has 0 spiro atoms. The van der Waals surface area contributed by atoms with E-state index in [1.165, 1.54) is 30.0 Å². The van der Waals surface area contributed by atoms with Crippen LogP contribution in [0.25, 0.3) is 0 Å². The third kappa shape index (κ3) is 5.45. The Hall–Kier alpha value is -2.09. The van der Waals surface area contributed by atoms with Crippen molar-refractivity contribution >= 4 is 5.97 Å². The number of ether oxygens (including phenoxy) is 1. The standard InChI is InChI=1S/C24H32O2/c1-6-17(3)21-8-10-23(11-9-21)20(7-2)16-18(4)22-12-14-24(15-13-22)26-19(5)25/h8-15,17-18,20H,6-7,16H2,1-5H3. The van der Waals surface area contributed by atoms with Crippen LogP contribution >= 0.6 is 0 Å². The van der Waals surface area contributed by atoms with Crippen LogP contribution in [-0.4, -0.2) is 5.97 Å². The first kappa shape index (κ1) is 20.2. The molecule has 2 aromatic carbocycles. The van der Waals surface area contributed by atoms with E-state index in [-0.39, 0.29) is 5.97 Å². The molecule has 0 heterocycles. The molecule has 0 aliphatic rings. The average Bonchev–Trinajstić information content (AvgIpc) is 2.65. The van der Waals surface area contributed by atoms with Gasteiger partial charge in [0.05, 0.1) is 0 Å². The maximum atomic E-state index is 11.0. The molecule has 0 saturated heterocycles. The van der Waals surface area contributed by atoms with Crippen molar-refractivity contribution in [2.75, 3.05) is 0 Å². The Balaban J connectivity index is 2.05. The van der Waals surface area contributed by atoms with Crippen molar-refractivity contribution in [1.29, 1.82) is 0 Å². The lowest BCUT2D eigenvalue weighted by molar-refractivity contribution is -0.131. The number of rotatable bonds is 8. The predicted octanol–water partition coefficient (Wildman–Crippen LogP) is 6.81. The van der Waals surface area contributed by atoms with Gasteiger partial charge in [-0.05, 0) is 65.8 Å². The van der Waals surface area contributed by atoms with Gasteiger partial charge in [0, 0.05) is 6.92 Å². The lowest BCUT2D eigenvalue weighted by atomic mass is 9.84. The zero-order valence-electron chi connectivity index (χ0n) is 16.8. The first-order chi connectivity index (χ1) is 12.4. The molecule has 140 valence electrons. The molecule has 3 unspecified atom stereocenters. The lowest BCUT2D eigenvalue weighted by Gasteiger charge is -2.21. The molecule has 0 amide bonds. The molecule has 2 aromatic rings. The summed E-state index contributed by atoms with van der Waals surface area (Å²) in [7, 11) is 0. The molecule has 0 N–H and O–H groups in total. The molecule has 0 fully saturated rings. The van der Waals surface area contributed by atoms with Gasteiger partial charge in [-0.3, -0.25) is 4.79 Å². The summed E-state index contributed by atoms with van der Waals surface area (Å²) >= 11 is 0. The van der Waals surface area contributed by atoms with Gasteiger partial charge in [-0.15, -0.1) is 0 Å². The molecule has 26 heavy (non-hydrogen) atoms. The summed E-state index contributed by atoms with van der Waals surface area (Å²) in [5.74, 6) is 1.97. The van der Waals surface area contributed by atoms with E-state index in [1.54, 1.807) is 0 Å². The van der Waals surface area contributed by atoms with E-state index in [1.807, 2.05) is 12.1 Å². The topological polar surface area (TPSA) is 26.3 Å². The number of esters is 1. The van der Waals surface area contributed by atoms with Gasteiger partial charge in [-0.1, -0.05) is 64.1 Å². The van der Waals surface area contributed by atoms with Crippen LogP contribution in [0.15, 0.2) is 48.5 Å². The lowest BCUT2D eigenvalue weighted by Crippen LogP contribution is -2.05. The van der Waals surface area contributed by atoms with Gasteiger partial charge >= 0.3 is 5.97 Å². The predicted molar refractivity (Wildman–Crippen MR) is 109 cm³/mol. The highest BCUT2D eigenvalue weighted by Crippen LogP contribution is 2.33. The minimum atomic E-state index is -0.280. The zero-order chi connectivity index (χ0) is 19.1. The van der Waals surface area contributed by atoms with Crippen LogP contribution in [0.5, 0.6) is 5.75 Å². The van der Waals surface area contributed by atoms with Gasteiger partial charge in [0.2, 0.25) is 0 Å². The maximum absolute atomic E-state index is 11.0. The molecular weight excluding hydrogens is 320 g/mol. The van der Waals surface area contributed by atoms with E-state index >= 15 is 0 Å². The maximum Gasteiger partial charge on any atom is 0.308 e. The second-order valence-corrected chi connectivity index (χ2v) is 7.38. The quantitative estimate of drug-likeness (QED) is 0.385. The number of carbonyl (C=O) groups is 1. The van der Waals surface area contributed by atoms with Gasteiger partial charge in [0.25, 0.3) is 0 Å². The van der Waals surface area contributed by atoms with Crippen molar-refractivity contribution < 1.29 is 9.53 Å².